The molecule has 0 saturated heterocycles. The molecule has 0 radical (unpaired) electrons. The van der Waals surface area contributed by atoms with Crippen LogP contribution in [0.4, 0.5) is 13.2 Å². The van der Waals surface area contributed by atoms with Crippen LogP contribution in [0, 0.1) is 5.92 Å². The molecule has 1 aliphatic rings. The summed E-state index contributed by atoms with van der Waals surface area (Å²) in [6.45, 7) is 0. The van der Waals surface area contributed by atoms with Gasteiger partial charge in [-0.15, -0.1) is 0 Å². The average molecular weight is 243 g/mol. The fourth-order valence-electron chi connectivity index (χ4n) is 2.01. The molecule has 0 spiro atoms. The monoisotopic (exact) mass is 243 g/mol. The van der Waals surface area contributed by atoms with Gasteiger partial charge < -0.3 is 5.32 Å². The number of hydrogen-bond donors (Lipinski definition) is 1. The molecule has 4 heteroatoms. The minimum Gasteiger partial charge on any atom is -0.313 e. The third kappa shape index (κ3) is 3.22. The Morgan fingerprint density at radius 2 is 1.82 bits per heavy atom. The van der Waals surface area contributed by atoms with E-state index in [0.717, 1.165) is 30.0 Å². The molecular weight excluding hydrogens is 227 g/mol. The highest BCUT2D eigenvalue weighted by molar-refractivity contribution is 5.27. The molecule has 1 aromatic carbocycles. The van der Waals surface area contributed by atoms with Crippen LogP contribution in [0.2, 0.25) is 0 Å². The molecule has 1 fully saturated rings. The summed E-state index contributed by atoms with van der Waals surface area (Å²) in [7, 11) is 1.85. The van der Waals surface area contributed by atoms with E-state index >= 15 is 0 Å². The highest BCUT2D eigenvalue weighted by Gasteiger charge is 2.30. The van der Waals surface area contributed by atoms with Gasteiger partial charge in [-0.2, -0.15) is 13.2 Å². The topological polar surface area (TPSA) is 12.0 Å². The zero-order chi connectivity index (χ0) is 12.5. The fraction of sp³-hybridized carbons (Fsp3) is 0.538. The first-order valence-corrected chi connectivity index (χ1v) is 5.85. The van der Waals surface area contributed by atoms with Crippen LogP contribution in [0.5, 0.6) is 0 Å². The van der Waals surface area contributed by atoms with Gasteiger partial charge in [-0.25, -0.2) is 0 Å². The first-order valence-electron chi connectivity index (χ1n) is 5.85. The van der Waals surface area contributed by atoms with Gasteiger partial charge in [-0.05, 0) is 37.1 Å². The minimum absolute atomic E-state index is 0.171. The number of alkyl halides is 3. The lowest BCUT2D eigenvalue weighted by Crippen LogP contribution is -2.17. The van der Waals surface area contributed by atoms with Crippen LogP contribution in [-0.2, 0) is 6.18 Å². The molecule has 0 aliphatic heterocycles. The average Bonchev–Trinajstić information content (AvgIpc) is 3.09. The van der Waals surface area contributed by atoms with Crippen LogP contribution in [0.15, 0.2) is 24.3 Å². The Labute approximate surface area is 99.0 Å². The van der Waals surface area contributed by atoms with E-state index in [1.165, 1.54) is 12.8 Å². The van der Waals surface area contributed by atoms with Crippen molar-refractivity contribution in [2.75, 3.05) is 7.05 Å². The van der Waals surface area contributed by atoms with Gasteiger partial charge in [0.1, 0.15) is 0 Å². The van der Waals surface area contributed by atoms with E-state index in [1.807, 2.05) is 7.05 Å². The first kappa shape index (κ1) is 12.4. The van der Waals surface area contributed by atoms with Gasteiger partial charge in [0.15, 0.2) is 0 Å². The Morgan fingerprint density at radius 3 is 2.24 bits per heavy atom. The molecule has 1 N–H and O–H groups in total. The van der Waals surface area contributed by atoms with Crippen molar-refractivity contribution in [1.29, 1.82) is 0 Å². The Bertz CT molecular complexity index is 365. The smallest absolute Gasteiger partial charge is 0.313 e. The Balaban J connectivity index is 2.09. The molecule has 2 rings (SSSR count). The molecule has 1 saturated carbocycles. The second-order valence-corrected chi connectivity index (χ2v) is 4.64. The van der Waals surface area contributed by atoms with Crippen molar-refractivity contribution in [2.24, 2.45) is 5.92 Å². The van der Waals surface area contributed by atoms with Gasteiger partial charge in [-0.3, -0.25) is 0 Å². The van der Waals surface area contributed by atoms with Gasteiger partial charge in [0.05, 0.1) is 5.56 Å². The molecule has 0 amide bonds. The summed E-state index contributed by atoms with van der Waals surface area (Å²) in [5, 5.41) is 3.17. The summed E-state index contributed by atoms with van der Waals surface area (Å²) in [5.41, 5.74) is 0.356. The summed E-state index contributed by atoms with van der Waals surface area (Å²) >= 11 is 0. The molecule has 0 bridgehead atoms. The maximum Gasteiger partial charge on any atom is 0.416 e. The quantitative estimate of drug-likeness (QED) is 0.848. The standard InChI is InChI=1S/C13H16F3N/c1-17-12(8-9-2-3-9)10-4-6-11(7-5-10)13(14,15)16/h4-7,9,12,17H,2-3,8H2,1H3. The van der Waals surface area contributed by atoms with E-state index in [4.69, 9.17) is 0 Å². The lowest BCUT2D eigenvalue weighted by atomic mass is 10.00. The van der Waals surface area contributed by atoms with Crippen molar-refractivity contribution in [1.82, 2.24) is 5.32 Å². The number of benzene rings is 1. The van der Waals surface area contributed by atoms with Gasteiger partial charge >= 0.3 is 6.18 Å². The second-order valence-electron chi connectivity index (χ2n) is 4.64. The maximum absolute atomic E-state index is 12.4. The molecule has 94 valence electrons. The molecule has 1 atom stereocenters. The minimum atomic E-state index is -4.25. The van der Waals surface area contributed by atoms with E-state index in [0.29, 0.717) is 0 Å². The van der Waals surface area contributed by atoms with Crippen LogP contribution in [-0.4, -0.2) is 7.05 Å². The van der Waals surface area contributed by atoms with E-state index in [2.05, 4.69) is 5.32 Å². The van der Waals surface area contributed by atoms with Gasteiger partial charge in [0.25, 0.3) is 0 Å². The summed E-state index contributed by atoms with van der Waals surface area (Å²) in [4.78, 5) is 0. The van der Waals surface area contributed by atoms with Crippen LogP contribution >= 0.6 is 0 Å². The number of nitrogens with one attached hydrogen (secondary N) is 1. The maximum atomic E-state index is 12.4. The van der Waals surface area contributed by atoms with Crippen molar-refractivity contribution in [3.63, 3.8) is 0 Å². The van der Waals surface area contributed by atoms with Gasteiger partial charge in [0.2, 0.25) is 0 Å². The van der Waals surface area contributed by atoms with Crippen molar-refractivity contribution < 1.29 is 13.2 Å². The molecule has 1 nitrogen and oxygen atoms in total. The molecule has 1 aromatic rings. The van der Waals surface area contributed by atoms with Crippen molar-refractivity contribution in [3.8, 4) is 0 Å². The summed E-state index contributed by atoms with van der Waals surface area (Å²) in [6.07, 6.45) is -0.732. The third-order valence-electron chi connectivity index (χ3n) is 3.25. The number of hydrogen-bond acceptors (Lipinski definition) is 1. The third-order valence-corrected chi connectivity index (χ3v) is 3.25. The predicted molar refractivity (Wildman–Crippen MR) is 60.6 cm³/mol. The zero-order valence-electron chi connectivity index (χ0n) is 9.72. The summed E-state index contributed by atoms with van der Waals surface area (Å²) < 4.78 is 37.2. The Kier molecular flexibility index (Phi) is 3.43. The molecular formula is C13H16F3N. The SMILES string of the molecule is CNC(CC1CC1)c1ccc(C(F)(F)F)cc1. The lowest BCUT2D eigenvalue weighted by molar-refractivity contribution is -0.137. The number of rotatable bonds is 4. The van der Waals surface area contributed by atoms with Gasteiger partial charge in [0, 0.05) is 6.04 Å². The zero-order valence-corrected chi connectivity index (χ0v) is 9.72. The molecule has 0 heterocycles. The Morgan fingerprint density at radius 1 is 1.24 bits per heavy atom. The van der Waals surface area contributed by atoms with E-state index in [-0.39, 0.29) is 6.04 Å². The molecule has 0 aromatic heterocycles. The first-order chi connectivity index (χ1) is 8.00. The van der Waals surface area contributed by atoms with Crippen LogP contribution in [0.3, 0.4) is 0 Å². The normalized spacial score (nSPS) is 18.1. The Hall–Kier alpha value is -1.03. The molecule has 17 heavy (non-hydrogen) atoms. The van der Waals surface area contributed by atoms with Crippen LogP contribution in [0.1, 0.15) is 36.4 Å². The van der Waals surface area contributed by atoms with Crippen molar-refractivity contribution >= 4 is 0 Å². The second kappa shape index (κ2) is 4.69. The van der Waals surface area contributed by atoms with E-state index < -0.39 is 11.7 Å². The molecule has 1 aliphatic carbocycles. The molecule has 1 unspecified atom stereocenters. The lowest BCUT2D eigenvalue weighted by Gasteiger charge is -2.17. The van der Waals surface area contributed by atoms with Gasteiger partial charge in [-0.1, -0.05) is 25.0 Å². The fourth-order valence-corrected chi connectivity index (χ4v) is 2.01. The predicted octanol–water partition coefficient (Wildman–Crippen LogP) is 3.77. The number of halogens is 3. The summed E-state index contributed by atoms with van der Waals surface area (Å²) in [6, 6.07) is 5.64. The summed E-state index contributed by atoms with van der Waals surface area (Å²) in [5.74, 6) is 0.745. The highest BCUT2D eigenvalue weighted by atomic mass is 19.4. The largest absolute Gasteiger partial charge is 0.416 e. The van der Waals surface area contributed by atoms with E-state index in [1.54, 1.807) is 12.1 Å². The van der Waals surface area contributed by atoms with E-state index in [9.17, 15) is 13.2 Å². The van der Waals surface area contributed by atoms with Crippen LogP contribution in [0.25, 0.3) is 0 Å². The van der Waals surface area contributed by atoms with Crippen molar-refractivity contribution in [2.45, 2.75) is 31.5 Å². The highest BCUT2D eigenvalue weighted by Crippen LogP contribution is 2.38. The van der Waals surface area contributed by atoms with Crippen molar-refractivity contribution in [3.05, 3.63) is 35.4 Å². The van der Waals surface area contributed by atoms with Crippen LogP contribution < -0.4 is 5.32 Å².